The van der Waals surface area contributed by atoms with E-state index in [4.69, 9.17) is 10.7 Å². The molecular weight excluding hydrogens is 376 g/mol. The van der Waals surface area contributed by atoms with E-state index < -0.39 is 5.97 Å². The van der Waals surface area contributed by atoms with E-state index in [1.165, 1.54) is 0 Å². The van der Waals surface area contributed by atoms with Crippen molar-refractivity contribution in [2.75, 3.05) is 7.05 Å². The van der Waals surface area contributed by atoms with Crippen LogP contribution >= 0.6 is 0 Å². The standard InChI is InChI=1S/C24H26N4O2/c1-4-20-21(28-22(26-20)13-15(2)23(25)27(28)3)14-16-9-11-17(12-10-16)18-7-5-6-8-19(18)24(29)30/h5-13,21H,4,14,25H2,1-3H3,(H,29,30). The summed E-state index contributed by atoms with van der Waals surface area (Å²) < 4.78 is 0. The number of carbonyl (C=O) groups is 1. The monoisotopic (exact) mass is 402 g/mol. The summed E-state index contributed by atoms with van der Waals surface area (Å²) in [5, 5.41) is 13.6. The molecule has 0 aromatic heterocycles. The van der Waals surface area contributed by atoms with Gasteiger partial charge in [-0.15, -0.1) is 0 Å². The maximum absolute atomic E-state index is 11.5. The molecule has 4 rings (SSSR count). The number of carboxylic acid groups (broad SMARTS) is 1. The summed E-state index contributed by atoms with van der Waals surface area (Å²) in [6, 6.07) is 15.3. The molecule has 3 N–H and O–H groups in total. The van der Waals surface area contributed by atoms with E-state index in [-0.39, 0.29) is 6.04 Å². The lowest BCUT2D eigenvalue weighted by Gasteiger charge is -2.39. The van der Waals surface area contributed by atoms with Gasteiger partial charge in [-0.05, 0) is 47.8 Å². The van der Waals surface area contributed by atoms with Crippen molar-refractivity contribution in [3.05, 3.63) is 82.9 Å². The molecule has 2 aromatic carbocycles. The Bertz CT molecular complexity index is 1080. The van der Waals surface area contributed by atoms with Crippen molar-refractivity contribution >= 4 is 11.7 Å². The minimum absolute atomic E-state index is 0.107. The van der Waals surface area contributed by atoms with Crippen LogP contribution in [0.25, 0.3) is 11.1 Å². The first kappa shape index (κ1) is 19.8. The average Bonchev–Trinajstić information content (AvgIpc) is 3.09. The Morgan fingerprint density at radius 3 is 2.53 bits per heavy atom. The van der Waals surface area contributed by atoms with Gasteiger partial charge in [0.15, 0.2) is 0 Å². The number of rotatable bonds is 5. The zero-order valence-corrected chi connectivity index (χ0v) is 17.5. The van der Waals surface area contributed by atoms with Gasteiger partial charge in [-0.2, -0.15) is 0 Å². The van der Waals surface area contributed by atoms with Gasteiger partial charge in [-0.25, -0.2) is 9.79 Å². The third-order valence-corrected chi connectivity index (χ3v) is 5.81. The Morgan fingerprint density at radius 2 is 1.87 bits per heavy atom. The molecule has 6 heteroatoms. The Morgan fingerprint density at radius 1 is 1.17 bits per heavy atom. The summed E-state index contributed by atoms with van der Waals surface area (Å²) in [6.07, 6.45) is 3.70. The second-order valence-electron chi connectivity index (χ2n) is 7.66. The van der Waals surface area contributed by atoms with Crippen molar-refractivity contribution in [1.29, 1.82) is 0 Å². The highest BCUT2D eigenvalue weighted by atomic mass is 16.4. The van der Waals surface area contributed by atoms with Crippen LogP contribution in [0.2, 0.25) is 0 Å². The number of nitrogens with zero attached hydrogens (tertiary/aromatic N) is 3. The van der Waals surface area contributed by atoms with Crippen molar-refractivity contribution in [2.24, 2.45) is 10.7 Å². The predicted octanol–water partition coefficient (Wildman–Crippen LogP) is 4.02. The number of carboxylic acids is 1. The molecule has 2 aromatic rings. The van der Waals surface area contributed by atoms with Crippen LogP contribution in [0.4, 0.5) is 0 Å². The molecule has 2 aliphatic rings. The molecule has 1 unspecified atom stereocenters. The maximum atomic E-state index is 11.5. The number of aromatic carboxylic acids is 1. The molecule has 0 saturated heterocycles. The highest BCUT2D eigenvalue weighted by Gasteiger charge is 2.36. The minimum atomic E-state index is -0.919. The Labute approximate surface area is 176 Å². The first-order valence-electron chi connectivity index (χ1n) is 10.1. The molecule has 0 radical (unpaired) electrons. The summed E-state index contributed by atoms with van der Waals surface area (Å²) in [5.41, 5.74) is 11.5. The number of hydrogen-bond donors (Lipinski definition) is 2. The molecular formula is C24H26N4O2. The fraction of sp³-hybridized carbons (Fsp3) is 0.250. The molecule has 0 fully saturated rings. The number of fused-ring (bicyclic) bond motifs is 1. The van der Waals surface area contributed by atoms with E-state index in [0.29, 0.717) is 5.56 Å². The summed E-state index contributed by atoms with van der Waals surface area (Å²) >= 11 is 0. The minimum Gasteiger partial charge on any atom is -0.478 e. The van der Waals surface area contributed by atoms with Crippen molar-refractivity contribution in [3.63, 3.8) is 0 Å². The van der Waals surface area contributed by atoms with Gasteiger partial charge in [0.25, 0.3) is 0 Å². The fourth-order valence-corrected chi connectivity index (χ4v) is 4.16. The molecule has 30 heavy (non-hydrogen) atoms. The summed E-state index contributed by atoms with van der Waals surface area (Å²) in [5.74, 6) is 0.743. The molecule has 0 amide bonds. The van der Waals surface area contributed by atoms with Gasteiger partial charge in [0.2, 0.25) is 0 Å². The largest absolute Gasteiger partial charge is 0.478 e. The van der Waals surface area contributed by atoms with E-state index in [0.717, 1.165) is 52.5 Å². The van der Waals surface area contributed by atoms with Crippen molar-refractivity contribution < 1.29 is 9.90 Å². The van der Waals surface area contributed by atoms with E-state index in [1.807, 2.05) is 49.3 Å². The lowest BCUT2D eigenvalue weighted by atomic mass is 9.96. The molecule has 0 aliphatic carbocycles. The third kappa shape index (κ3) is 3.34. The van der Waals surface area contributed by atoms with Crippen LogP contribution in [0.15, 0.2) is 76.8 Å². The zero-order valence-electron chi connectivity index (χ0n) is 17.5. The van der Waals surface area contributed by atoms with Crippen molar-refractivity contribution in [2.45, 2.75) is 32.7 Å². The second kappa shape index (κ2) is 7.71. The molecule has 0 bridgehead atoms. The SMILES string of the molecule is CCC1=NC2=CC(C)=C(N)N(C)N2C1Cc1ccc(-c2ccccc2C(=O)O)cc1. The van der Waals surface area contributed by atoms with Crippen molar-refractivity contribution in [3.8, 4) is 11.1 Å². The number of nitrogens with two attached hydrogens (primary N) is 1. The highest BCUT2D eigenvalue weighted by Crippen LogP contribution is 2.33. The Hall–Kier alpha value is -3.54. The lowest BCUT2D eigenvalue weighted by molar-refractivity contribution is 0.0535. The number of allylic oxidation sites excluding steroid dienone is 2. The number of aliphatic imine (C=N–C) groups is 1. The topological polar surface area (TPSA) is 82.2 Å². The highest BCUT2D eigenvalue weighted by molar-refractivity contribution is 5.96. The van der Waals surface area contributed by atoms with Gasteiger partial charge in [0.1, 0.15) is 11.6 Å². The molecule has 1 atom stereocenters. The van der Waals surface area contributed by atoms with E-state index in [1.54, 1.807) is 12.1 Å². The summed E-state index contributed by atoms with van der Waals surface area (Å²) in [6.45, 7) is 4.12. The predicted molar refractivity (Wildman–Crippen MR) is 119 cm³/mol. The second-order valence-corrected chi connectivity index (χ2v) is 7.66. The van der Waals surface area contributed by atoms with Crippen LogP contribution in [0.1, 0.15) is 36.2 Å². The first-order chi connectivity index (χ1) is 14.4. The Balaban J connectivity index is 1.60. The fourth-order valence-electron chi connectivity index (χ4n) is 4.16. The molecule has 0 spiro atoms. The van der Waals surface area contributed by atoms with Crippen LogP contribution < -0.4 is 5.73 Å². The van der Waals surface area contributed by atoms with Crippen LogP contribution in [0.5, 0.6) is 0 Å². The zero-order chi connectivity index (χ0) is 21.4. The van der Waals surface area contributed by atoms with Gasteiger partial charge in [-0.1, -0.05) is 49.4 Å². The van der Waals surface area contributed by atoms with Gasteiger partial charge >= 0.3 is 5.97 Å². The first-order valence-corrected chi connectivity index (χ1v) is 10.1. The van der Waals surface area contributed by atoms with Gasteiger partial charge in [0, 0.05) is 19.2 Å². The normalized spacial score (nSPS) is 18.3. The summed E-state index contributed by atoms with van der Waals surface area (Å²) in [7, 11) is 1.97. The molecule has 6 nitrogen and oxygen atoms in total. The molecule has 2 aliphatic heterocycles. The van der Waals surface area contributed by atoms with E-state index in [9.17, 15) is 9.90 Å². The number of benzene rings is 2. The van der Waals surface area contributed by atoms with Crippen LogP contribution in [-0.2, 0) is 6.42 Å². The van der Waals surface area contributed by atoms with Crippen LogP contribution in [0.3, 0.4) is 0 Å². The maximum Gasteiger partial charge on any atom is 0.336 e. The third-order valence-electron chi connectivity index (χ3n) is 5.81. The summed E-state index contributed by atoms with van der Waals surface area (Å²) in [4.78, 5) is 16.4. The number of hydrogen-bond acceptors (Lipinski definition) is 5. The van der Waals surface area contributed by atoms with Crippen LogP contribution in [0, 0.1) is 0 Å². The van der Waals surface area contributed by atoms with E-state index >= 15 is 0 Å². The lowest BCUT2D eigenvalue weighted by Crippen LogP contribution is -2.49. The van der Waals surface area contributed by atoms with Crippen molar-refractivity contribution in [1.82, 2.24) is 10.0 Å². The van der Waals surface area contributed by atoms with E-state index in [2.05, 4.69) is 24.1 Å². The van der Waals surface area contributed by atoms with Gasteiger partial charge in [-0.3, -0.25) is 10.0 Å². The molecule has 2 heterocycles. The molecule has 154 valence electrons. The van der Waals surface area contributed by atoms with Crippen LogP contribution in [-0.4, -0.2) is 39.9 Å². The quantitative estimate of drug-likeness (QED) is 0.789. The molecule has 0 saturated carbocycles. The Kier molecular flexibility index (Phi) is 5.08. The van der Waals surface area contributed by atoms with Gasteiger partial charge < -0.3 is 10.8 Å². The number of hydrazine groups is 1. The average molecular weight is 402 g/mol. The smallest absolute Gasteiger partial charge is 0.336 e. The van der Waals surface area contributed by atoms with Gasteiger partial charge in [0.05, 0.1) is 11.6 Å².